The third kappa shape index (κ3) is 3.73. The van der Waals surface area contributed by atoms with Crippen LogP contribution in [0.2, 0.25) is 10.0 Å². The summed E-state index contributed by atoms with van der Waals surface area (Å²) in [6.07, 6.45) is 0. The Morgan fingerprint density at radius 1 is 1.50 bits per heavy atom. The maximum Gasteiger partial charge on any atom is 0.217 e. The van der Waals surface area contributed by atoms with E-state index in [0.29, 0.717) is 5.56 Å². The number of hydrogen-bond acceptors (Lipinski definition) is 1. The van der Waals surface area contributed by atoms with Crippen molar-refractivity contribution in [3.05, 3.63) is 33.6 Å². The second-order valence-corrected chi connectivity index (χ2v) is 3.78. The van der Waals surface area contributed by atoms with E-state index in [1.807, 2.05) is 0 Å². The Kier molecular flexibility index (Phi) is 4.60. The first-order valence-electron chi connectivity index (χ1n) is 4.38. The number of benzene rings is 1. The summed E-state index contributed by atoms with van der Waals surface area (Å²) in [6.45, 7) is 1.56. The highest BCUT2D eigenvalue weighted by atomic mass is 35.5. The normalized spacial score (nSPS) is 9.25. The van der Waals surface area contributed by atoms with E-state index in [1.165, 1.54) is 13.0 Å². The van der Waals surface area contributed by atoms with Crippen LogP contribution in [-0.4, -0.2) is 12.5 Å². The summed E-state index contributed by atoms with van der Waals surface area (Å²) in [5.41, 5.74) is 0.303. The first kappa shape index (κ1) is 12.8. The number of rotatable bonds is 1. The second-order valence-electron chi connectivity index (χ2n) is 2.96. The Labute approximate surface area is 103 Å². The van der Waals surface area contributed by atoms with E-state index in [0.717, 1.165) is 6.07 Å². The van der Waals surface area contributed by atoms with Gasteiger partial charge in [0.2, 0.25) is 5.91 Å². The van der Waals surface area contributed by atoms with Crippen LogP contribution in [0.4, 0.5) is 4.39 Å². The molecule has 0 spiro atoms. The maximum absolute atomic E-state index is 13.1. The minimum atomic E-state index is -0.613. The lowest BCUT2D eigenvalue weighted by atomic mass is 10.2. The zero-order valence-corrected chi connectivity index (χ0v) is 9.92. The molecule has 2 nitrogen and oxygen atoms in total. The third-order valence-corrected chi connectivity index (χ3v) is 2.24. The van der Waals surface area contributed by atoms with Gasteiger partial charge in [0.25, 0.3) is 0 Å². The van der Waals surface area contributed by atoms with Crippen molar-refractivity contribution >= 4 is 29.1 Å². The molecule has 1 amide bonds. The van der Waals surface area contributed by atoms with Gasteiger partial charge in [0, 0.05) is 17.5 Å². The van der Waals surface area contributed by atoms with E-state index < -0.39 is 5.82 Å². The van der Waals surface area contributed by atoms with Gasteiger partial charge in [0.05, 0.1) is 11.6 Å². The average Bonchev–Trinajstić information content (AvgIpc) is 2.19. The molecule has 0 aliphatic carbocycles. The van der Waals surface area contributed by atoms with Gasteiger partial charge >= 0.3 is 0 Å². The highest BCUT2D eigenvalue weighted by Gasteiger charge is 2.05. The van der Waals surface area contributed by atoms with E-state index in [9.17, 15) is 9.18 Å². The molecule has 0 bridgehead atoms. The molecule has 0 aliphatic rings. The second kappa shape index (κ2) is 5.74. The van der Waals surface area contributed by atoms with Crippen LogP contribution in [0.5, 0.6) is 0 Å². The van der Waals surface area contributed by atoms with Gasteiger partial charge in [-0.25, -0.2) is 4.39 Å². The summed E-state index contributed by atoms with van der Waals surface area (Å²) in [6, 6.07) is 2.58. The van der Waals surface area contributed by atoms with Crippen LogP contribution in [-0.2, 0) is 4.79 Å². The van der Waals surface area contributed by atoms with Crippen molar-refractivity contribution in [1.29, 1.82) is 0 Å². The Morgan fingerprint density at radius 3 is 2.81 bits per heavy atom. The van der Waals surface area contributed by atoms with Gasteiger partial charge in [-0.1, -0.05) is 35.0 Å². The summed E-state index contributed by atoms with van der Waals surface area (Å²) in [5, 5.41) is 2.64. The fourth-order valence-corrected chi connectivity index (χ4v) is 1.32. The smallest absolute Gasteiger partial charge is 0.217 e. The Hall–Kier alpha value is -1.24. The van der Waals surface area contributed by atoms with E-state index in [2.05, 4.69) is 17.2 Å². The van der Waals surface area contributed by atoms with E-state index in [1.54, 1.807) is 0 Å². The first-order chi connectivity index (χ1) is 7.50. The molecular weight excluding hydrogens is 252 g/mol. The Morgan fingerprint density at radius 2 is 2.19 bits per heavy atom. The lowest BCUT2D eigenvalue weighted by Crippen LogP contribution is -2.19. The summed E-state index contributed by atoms with van der Waals surface area (Å²) < 4.78 is 13.1. The summed E-state index contributed by atoms with van der Waals surface area (Å²) >= 11 is 11.3. The SMILES string of the molecule is CC(=O)NCC#Cc1cc(Cl)cc(F)c1Cl. The van der Waals surface area contributed by atoms with Crippen molar-refractivity contribution in [3.63, 3.8) is 0 Å². The molecule has 0 aliphatic heterocycles. The molecule has 0 heterocycles. The molecule has 0 saturated carbocycles. The minimum absolute atomic E-state index is 0.0697. The molecule has 1 aromatic carbocycles. The Bertz CT molecular complexity index is 477. The molecule has 1 N–H and O–H groups in total. The molecule has 1 aromatic rings. The number of amides is 1. The number of carbonyl (C=O) groups is 1. The van der Waals surface area contributed by atoms with E-state index in [-0.39, 0.29) is 22.5 Å². The minimum Gasteiger partial charge on any atom is -0.345 e. The number of nitrogens with one attached hydrogen (secondary N) is 1. The topological polar surface area (TPSA) is 29.1 Å². The van der Waals surface area contributed by atoms with Gasteiger partial charge in [-0.15, -0.1) is 0 Å². The fourth-order valence-electron chi connectivity index (χ4n) is 0.955. The molecule has 0 fully saturated rings. The van der Waals surface area contributed by atoms with Crippen molar-refractivity contribution in [2.24, 2.45) is 0 Å². The molecule has 0 atom stereocenters. The van der Waals surface area contributed by atoms with Crippen LogP contribution in [0, 0.1) is 17.7 Å². The monoisotopic (exact) mass is 259 g/mol. The fraction of sp³-hybridized carbons (Fsp3) is 0.182. The maximum atomic E-state index is 13.1. The van der Waals surface area contributed by atoms with Crippen LogP contribution in [0.1, 0.15) is 12.5 Å². The van der Waals surface area contributed by atoms with Crippen molar-refractivity contribution < 1.29 is 9.18 Å². The zero-order valence-electron chi connectivity index (χ0n) is 8.40. The molecule has 0 unspecified atom stereocenters. The predicted molar refractivity (Wildman–Crippen MR) is 62.0 cm³/mol. The highest BCUT2D eigenvalue weighted by molar-refractivity contribution is 6.34. The van der Waals surface area contributed by atoms with Crippen LogP contribution >= 0.6 is 23.2 Å². The third-order valence-electron chi connectivity index (χ3n) is 1.64. The predicted octanol–water partition coefficient (Wildman–Crippen LogP) is 2.62. The molecule has 1 rings (SSSR count). The molecular formula is C11H8Cl2FNO. The van der Waals surface area contributed by atoms with Crippen LogP contribution < -0.4 is 5.32 Å². The van der Waals surface area contributed by atoms with Gasteiger partial charge in [-0.2, -0.15) is 0 Å². The highest BCUT2D eigenvalue weighted by Crippen LogP contribution is 2.23. The van der Waals surface area contributed by atoms with Crippen LogP contribution in [0.15, 0.2) is 12.1 Å². The zero-order chi connectivity index (χ0) is 12.1. The molecule has 16 heavy (non-hydrogen) atoms. The molecule has 0 aromatic heterocycles. The summed E-state index contributed by atoms with van der Waals surface area (Å²) in [4.78, 5) is 10.5. The van der Waals surface area contributed by atoms with E-state index in [4.69, 9.17) is 23.2 Å². The van der Waals surface area contributed by atoms with Crippen molar-refractivity contribution in [2.75, 3.05) is 6.54 Å². The van der Waals surface area contributed by atoms with Crippen molar-refractivity contribution in [1.82, 2.24) is 5.32 Å². The van der Waals surface area contributed by atoms with Gasteiger partial charge < -0.3 is 5.32 Å². The molecule has 0 radical (unpaired) electrons. The summed E-state index contributed by atoms with van der Waals surface area (Å²) in [5.74, 6) is 4.47. The lowest BCUT2D eigenvalue weighted by Gasteiger charge is -1.99. The first-order valence-corrected chi connectivity index (χ1v) is 5.14. The van der Waals surface area contributed by atoms with Crippen LogP contribution in [0.3, 0.4) is 0 Å². The molecule has 84 valence electrons. The summed E-state index contributed by atoms with van der Waals surface area (Å²) in [7, 11) is 0. The molecule has 0 saturated heterocycles. The lowest BCUT2D eigenvalue weighted by molar-refractivity contribution is -0.118. The molecule has 5 heteroatoms. The largest absolute Gasteiger partial charge is 0.345 e. The average molecular weight is 260 g/mol. The quantitative estimate of drug-likeness (QED) is 0.610. The standard InChI is InChI=1S/C11H8Cl2FNO/c1-7(16)15-4-2-3-8-5-9(12)6-10(14)11(8)13/h5-6H,4H2,1H3,(H,15,16). The van der Waals surface area contributed by atoms with Crippen molar-refractivity contribution in [3.8, 4) is 11.8 Å². The number of hydrogen-bond donors (Lipinski definition) is 1. The van der Waals surface area contributed by atoms with Gasteiger partial charge in [0.15, 0.2) is 0 Å². The van der Waals surface area contributed by atoms with Gasteiger partial charge in [-0.3, -0.25) is 4.79 Å². The van der Waals surface area contributed by atoms with Crippen LogP contribution in [0.25, 0.3) is 0 Å². The Balaban J connectivity index is 2.84. The van der Waals surface area contributed by atoms with Gasteiger partial charge in [-0.05, 0) is 12.1 Å². The van der Waals surface area contributed by atoms with Gasteiger partial charge in [0.1, 0.15) is 5.82 Å². The number of carbonyl (C=O) groups excluding carboxylic acids is 1. The van der Waals surface area contributed by atoms with Crippen molar-refractivity contribution in [2.45, 2.75) is 6.92 Å². The van der Waals surface area contributed by atoms with E-state index >= 15 is 0 Å². The number of halogens is 3.